The summed E-state index contributed by atoms with van der Waals surface area (Å²) in [5, 5.41) is 9.85. The topological polar surface area (TPSA) is 55.2 Å². The van der Waals surface area contributed by atoms with Gasteiger partial charge in [-0.25, -0.2) is 4.98 Å². The summed E-state index contributed by atoms with van der Waals surface area (Å²) in [7, 11) is 0. The first kappa shape index (κ1) is 12.9. The molecule has 94 valence electrons. The van der Waals surface area contributed by atoms with Crippen LogP contribution in [0, 0.1) is 0 Å². The minimum atomic E-state index is -0.126. The van der Waals surface area contributed by atoms with Gasteiger partial charge < -0.3 is 9.84 Å². The number of hydrogen-bond donors (Lipinski definition) is 1. The zero-order valence-electron chi connectivity index (χ0n) is 10.0. The fourth-order valence-corrected chi connectivity index (χ4v) is 1.77. The van der Waals surface area contributed by atoms with Crippen molar-refractivity contribution in [2.45, 2.75) is 18.4 Å². The van der Waals surface area contributed by atoms with Crippen LogP contribution in [-0.4, -0.2) is 21.3 Å². The molecule has 1 N–H and O–H groups in total. The maximum Gasteiger partial charge on any atom is 0.223 e. The van der Waals surface area contributed by atoms with Crippen LogP contribution in [0.3, 0.4) is 0 Å². The van der Waals surface area contributed by atoms with Gasteiger partial charge in [0.2, 0.25) is 5.88 Å². The van der Waals surface area contributed by atoms with Crippen LogP contribution in [-0.2, 0) is 13.2 Å². The highest BCUT2D eigenvalue weighted by Crippen LogP contribution is 2.19. The molecule has 0 aliphatic carbocycles. The highest BCUT2D eigenvalue weighted by molar-refractivity contribution is 7.98. The Morgan fingerprint density at radius 3 is 2.72 bits per heavy atom. The minimum absolute atomic E-state index is 0.126. The second-order valence-corrected chi connectivity index (χ2v) is 4.39. The standard InChI is InChI=1S/C13H14N2O2S/c1-18-13-14-7-11(8-16)12(15-13)17-9-10-5-3-2-4-6-10/h2-7,16H,8-9H2,1H3. The Bertz CT molecular complexity index is 506. The largest absolute Gasteiger partial charge is 0.472 e. The molecule has 1 heterocycles. The number of rotatable bonds is 5. The van der Waals surface area contributed by atoms with Crippen LogP contribution in [0.15, 0.2) is 41.7 Å². The molecule has 0 amide bonds. The third-order valence-electron chi connectivity index (χ3n) is 2.37. The predicted octanol–water partition coefficient (Wildman–Crippen LogP) is 2.27. The normalized spacial score (nSPS) is 10.3. The lowest BCUT2D eigenvalue weighted by atomic mass is 10.2. The third kappa shape index (κ3) is 3.21. The van der Waals surface area contributed by atoms with Crippen LogP contribution in [0.25, 0.3) is 0 Å². The maximum absolute atomic E-state index is 9.21. The number of nitrogens with zero attached hydrogens (tertiary/aromatic N) is 2. The molecule has 2 aromatic rings. The van der Waals surface area contributed by atoms with Crippen molar-refractivity contribution in [2.75, 3.05) is 6.26 Å². The fraction of sp³-hybridized carbons (Fsp3) is 0.231. The Labute approximate surface area is 110 Å². The molecule has 0 aliphatic heterocycles. The zero-order chi connectivity index (χ0) is 12.8. The number of ether oxygens (including phenoxy) is 1. The van der Waals surface area contributed by atoms with Crippen molar-refractivity contribution in [2.24, 2.45) is 0 Å². The molecular weight excluding hydrogens is 248 g/mol. The minimum Gasteiger partial charge on any atom is -0.472 e. The zero-order valence-corrected chi connectivity index (χ0v) is 10.9. The van der Waals surface area contributed by atoms with Crippen LogP contribution in [0.5, 0.6) is 5.88 Å². The summed E-state index contributed by atoms with van der Waals surface area (Å²) in [6.45, 7) is 0.303. The molecule has 0 bridgehead atoms. The Kier molecular flexibility index (Phi) is 4.55. The molecule has 0 spiro atoms. The van der Waals surface area contributed by atoms with E-state index in [1.165, 1.54) is 11.8 Å². The molecule has 2 rings (SSSR count). The monoisotopic (exact) mass is 262 g/mol. The van der Waals surface area contributed by atoms with Gasteiger partial charge in [-0.2, -0.15) is 4.98 Å². The van der Waals surface area contributed by atoms with Crippen molar-refractivity contribution in [3.8, 4) is 5.88 Å². The van der Waals surface area contributed by atoms with E-state index in [-0.39, 0.29) is 6.61 Å². The van der Waals surface area contributed by atoms with Gasteiger partial charge in [-0.3, -0.25) is 0 Å². The maximum atomic E-state index is 9.21. The molecule has 0 unspecified atom stereocenters. The van der Waals surface area contributed by atoms with Gasteiger partial charge in [0.15, 0.2) is 5.16 Å². The summed E-state index contributed by atoms with van der Waals surface area (Å²) in [6.07, 6.45) is 3.49. The molecule has 0 atom stereocenters. The van der Waals surface area contributed by atoms with Gasteiger partial charge in [0.1, 0.15) is 6.61 Å². The van der Waals surface area contributed by atoms with E-state index < -0.39 is 0 Å². The number of aromatic nitrogens is 2. The molecule has 4 nitrogen and oxygen atoms in total. The van der Waals surface area contributed by atoms with E-state index in [1.54, 1.807) is 6.20 Å². The average molecular weight is 262 g/mol. The Morgan fingerprint density at radius 2 is 2.06 bits per heavy atom. The molecule has 0 radical (unpaired) electrons. The number of aliphatic hydroxyl groups is 1. The first-order valence-electron chi connectivity index (χ1n) is 5.51. The van der Waals surface area contributed by atoms with Gasteiger partial charge in [-0.1, -0.05) is 42.1 Å². The van der Waals surface area contributed by atoms with Gasteiger partial charge >= 0.3 is 0 Å². The van der Waals surface area contributed by atoms with Gasteiger partial charge in [-0.15, -0.1) is 0 Å². The quantitative estimate of drug-likeness (QED) is 0.661. The molecule has 0 saturated carbocycles. The lowest BCUT2D eigenvalue weighted by Crippen LogP contribution is -2.02. The molecule has 18 heavy (non-hydrogen) atoms. The summed E-state index contributed by atoms with van der Waals surface area (Å²) in [5.41, 5.74) is 1.66. The Hall–Kier alpha value is -1.59. The molecule has 0 aliphatic rings. The lowest BCUT2D eigenvalue weighted by molar-refractivity contribution is 0.250. The molecule has 1 aromatic carbocycles. The van der Waals surface area contributed by atoms with Gasteiger partial charge in [0.25, 0.3) is 0 Å². The fourth-order valence-electron chi connectivity index (χ4n) is 1.43. The van der Waals surface area contributed by atoms with Gasteiger partial charge in [0.05, 0.1) is 12.2 Å². The molecule has 5 heteroatoms. The van der Waals surface area contributed by atoms with E-state index in [1.807, 2.05) is 36.6 Å². The molecule has 0 saturated heterocycles. The van der Waals surface area contributed by atoms with Crippen molar-refractivity contribution in [1.29, 1.82) is 0 Å². The highest BCUT2D eigenvalue weighted by atomic mass is 32.2. The van der Waals surface area contributed by atoms with Gasteiger partial charge in [-0.05, 0) is 11.8 Å². The molecule has 1 aromatic heterocycles. The first-order valence-corrected chi connectivity index (χ1v) is 6.73. The van der Waals surface area contributed by atoms with Crippen molar-refractivity contribution in [3.05, 3.63) is 47.7 Å². The predicted molar refractivity (Wildman–Crippen MR) is 70.5 cm³/mol. The van der Waals surface area contributed by atoms with Crippen LogP contribution in [0.2, 0.25) is 0 Å². The summed E-state index contributed by atoms with van der Waals surface area (Å²) in [6, 6.07) is 9.83. The van der Waals surface area contributed by atoms with E-state index in [0.717, 1.165) is 5.56 Å². The van der Waals surface area contributed by atoms with Crippen molar-refractivity contribution < 1.29 is 9.84 Å². The number of thioether (sulfide) groups is 1. The van der Waals surface area contributed by atoms with Crippen molar-refractivity contribution in [1.82, 2.24) is 9.97 Å². The summed E-state index contributed by atoms with van der Waals surface area (Å²) >= 11 is 1.44. The van der Waals surface area contributed by atoms with Crippen molar-refractivity contribution in [3.63, 3.8) is 0 Å². The average Bonchev–Trinajstić information content (AvgIpc) is 2.45. The van der Waals surface area contributed by atoms with Crippen molar-refractivity contribution >= 4 is 11.8 Å². The summed E-state index contributed by atoms with van der Waals surface area (Å²) in [4.78, 5) is 8.34. The van der Waals surface area contributed by atoms with Crippen LogP contribution >= 0.6 is 11.8 Å². The van der Waals surface area contributed by atoms with E-state index in [9.17, 15) is 5.11 Å². The van der Waals surface area contributed by atoms with Crippen LogP contribution in [0.4, 0.5) is 0 Å². The van der Waals surface area contributed by atoms with E-state index in [2.05, 4.69) is 9.97 Å². The third-order valence-corrected chi connectivity index (χ3v) is 2.94. The molecule has 0 fully saturated rings. The van der Waals surface area contributed by atoms with Crippen LogP contribution in [0.1, 0.15) is 11.1 Å². The summed E-state index contributed by atoms with van der Waals surface area (Å²) in [5.74, 6) is 0.445. The second kappa shape index (κ2) is 6.37. The smallest absolute Gasteiger partial charge is 0.223 e. The lowest BCUT2D eigenvalue weighted by Gasteiger charge is -2.09. The highest BCUT2D eigenvalue weighted by Gasteiger charge is 2.07. The Balaban J connectivity index is 2.12. The van der Waals surface area contributed by atoms with E-state index in [4.69, 9.17) is 4.74 Å². The van der Waals surface area contributed by atoms with E-state index in [0.29, 0.717) is 23.2 Å². The first-order chi connectivity index (χ1) is 8.83. The SMILES string of the molecule is CSc1ncc(CO)c(OCc2ccccc2)n1. The second-order valence-electron chi connectivity index (χ2n) is 3.62. The number of benzene rings is 1. The number of hydrogen-bond acceptors (Lipinski definition) is 5. The molecular formula is C13H14N2O2S. The van der Waals surface area contributed by atoms with Gasteiger partial charge in [0, 0.05) is 6.20 Å². The van der Waals surface area contributed by atoms with Crippen LogP contribution < -0.4 is 4.74 Å². The summed E-state index contributed by atoms with van der Waals surface area (Å²) < 4.78 is 5.63. The Morgan fingerprint density at radius 1 is 1.28 bits per heavy atom. The van der Waals surface area contributed by atoms with E-state index >= 15 is 0 Å². The number of aliphatic hydroxyl groups excluding tert-OH is 1.